The third-order valence-electron chi connectivity index (χ3n) is 8.18. The van der Waals surface area contributed by atoms with E-state index >= 15 is 0 Å². The fourth-order valence-corrected chi connectivity index (χ4v) is 7.37. The van der Waals surface area contributed by atoms with E-state index in [2.05, 4.69) is 75.9 Å². The molecule has 0 aliphatic heterocycles. The number of sulfone groups is 1. The van der Waals surface area contributed by atoms with E-state index in [9.17, 15) is 44.1 Å². The highest BCUT2D eigenvalue weighted by molar-refractivity contribution is 7.91. The standard InChI is InChI=1S/C35H30BClFN14O11S3/c1-19-7-8-21(18-53)25(15-19)49-51-29(20-5-3-2-4-6-20)52-50-27-17-24(65(57,58)59)16-26(28(27)54)40-33-43-31(38)44-35(46-33)48-36-47-34-42-30(37)41-32(45-34)39-22-9-11-23(12-10-22)64(55,56)14-13-63-66(60,61)62/h2-12,15-18,50,54H,13-14H2,1H3,(H,57,58,59)(H,60,61,62)(H2,39,41,42,45,47)(H2,40,43,44,46,48)/b51-49?,52-29-. The number of halogens is 2. The average Bonchev–Trinajstić information content (AvgIpc) is 3.24. The summed E-state index contributed by atoms with van der Waals surface area (Å²) in [5, 5.41) is 33.8. The highest BCUT2D eigenvalue weighted by Crippen LogP contribution is 2.37. The van der Waals surface area contributed by atoms with Crippen LogP contribution >= 0.6 is 11.6 Å². The van der Waals surface area contributed by atoms with Gasteiger partial charge in [-0.15, -0.1) is 10.2 Å². The molecular weight excluding hydrogens is 954 g/mol. The van der Waals surface area contributed by atoms with Crippen molar-refractivity contribution in [1.82, 2.24) is 29.9 Å². The summed E-state index contributed by atoms with van der Waals surface area (Å²) >= 11 is 6.05. The summed E-state index contributed by atoms with van der Waals surface area (Å²) < 4.78 is 108. The van der Waals surface area contributed by atoms with Gasteiger partial charge in [-0.3, -0.25) is 19.3 Å². The number of hydrogen-bond acceptors (Lipinski definition) is 22. The number of aromatic nitrogens is 6. The summed E-state index contributed by atoms with van der Waals surface area (Å²) in [4.78, 5) is 33.7. The van der Waals surface area contributed by atoms with Crippen molar-refractivity contribution in [2.45, 2.75) is 16.7 Å². The van der Waals surface area contributed by atoms with E-state index in [0.717, 1.165) is 25.2 Å². The maximum atomic E-state index is 14.7. The van der Waals surface area contributed by atoms with Crippen LogP contribution in [0.2, 0.25) is 5.28 Å². The number of nitrogens with zero attached hydrogens (tertiary/aromatic N) is 9. The third-order valence-corrected chi connectivity index (χ3v) is 11.3. The van der Waals surface area contributed by atoms with E-state index in [1.807, 2.05) is 0 Å². The normalized spacial score (nSPS) is 12.1. The maximum Gasteiger partial charge on any atom is 0.397 e. The second-order valence-electron chi connectivity index (χ2n) is 12.9. The predicted molar refractivity (Wildman–Crippen MR) is 236 cm³/mol. The molecule has 0 amide bonds. The molecule has 4 aromatic carbocycles. The first-order valence-electron chi connectivity index (χ1n) is 18.1. The monoisotopic (exact) mass is 983 g/mol. The number of rotatable bonds is 19. The molecule has 31 heteroatoms. The zero-order chi connectivity index (χ0) is 47.6. The van der Waals surface area contributed by atoms with Crippen molar-refractivity contribution in [3.05, 3.63) is 113 Å². The molecular formula is C35H30BClFN14O11S3. The van der Waals surface area contributed by atoms with Gasteiger partial charge in [0.1, 0.15) is 5.69 Å². The summed E-state index contributed by atoms with van der Waals surface area (Å²) in [6.45, 7) is 0.981. The average molecular weight is 984 g/mol. The minimum Gasteiger partial charge on any atom is -0.504 e. The fourth-order valence-electron chi connectivity index (χ4n) is 5.19. The molecule has 8 N–H and O–H groups in total. The Morgan fingerprint density at radius 2 is 1.44 bits per heavy atom. The summed E-state index contributed by atoms with van der Waals surface area (Å²) in [6.07, 6.45) is -0.745. The van der Waals surface area contributed by atoms with Crippen LogP contribution < -0.4 is 26.5 Å². The maximum absolute atomic E-state index is 14.7. The molecule has 0 atom stereocenters. The number of aryl methyl sites for hydroxylation is 1. The molecule has 25 nitrogen and oxygen atoms in total. The van der Waals surface area contributed by atoms with Gasteiger partial charge in [0.05, 0.1) is 33.5 Å². The van der Waals surface area contributed by atoms with Gasteiger partial charge in [-0.05, 0) is 72.6 Å². The van der Waals surface area contributed by atoms with Gasteiger partial charge in [-0.25, -0.2) is 12.6 Å². The van der Waals surface area contributed by atoms with E-state index in [1.165, 1.54) is 24.3 Å². The minimum atomic E-state index is -4.94. The zero-order valence-corrected chi connectivity index (χ0v) is 36.5. The van der Waals surface area contributed by atoms with Crippen LogP contribution in [0.1, 0.15) is 21.5 Å². The Labute approximate surface area is 379 Å². The van der Waals surface area contributed by atoms with Gasteiger partial charge in [0.2, 0.25) is 34.9 Å². The predicted octanol–water partition coefficient (Wildman–Crippen LogP) is 4.62. The number of anilines is 7. The molecule has 6 aromatic rings. The SMILES string of the molecule is Cc1ccc(C=O)c(N=N/C(=N\Nc2cc(S(=O)(=O)O)cc(Nc3nc(F)nc(N[B]Nc4nc(Cl)nc(Nc5ccc(S(=O)(=O)CCOS(=O)(=O)O)cc5)n4)n3)c2O)c2ccccc2)c1. The molecule has 0 spiro atoms. The quantitative estimate of drug-likeness (QED) is 0.00802. The molecule has 0 saturated heterocycles. The van der Waals surface area contributed by atoms with Crippen LogP contribution in [0.15, 0.2) is 110 Å². The first kappa shape index (κ1) is 48.1. The molecule has 0 saturated carbocycles. The highest BCUT2D eigenvalue weighted by atomic mass is 35.5. The second-order valence-corrected chi connectivity index (χ2v) is 17.9. The largest absolute Gasteiger partial charge is 0.504 e. The summed E-state index contributed by atoms with van der Waals surface area (Å²) in [7, 11) is -12.7. The van der Waals surface area contributed by atoms with Crippen LogP contribution in [0.4, 0.5) is 50.9 Å². The lowest BCUT2D eigenvalue weighted by Crippen LogP contribution is -2.21. The molecule has 6 rings (SSSR count). The summed E-state index contributed by atoms with van der Waals surface area (Å²) in [5.74, 6) is -2.85. The summed E-state index contributed by atoms with van der Waals surface area (Å²) in [5.41, 5.74) is 3.61. The zero-order valence-electron chi connectivity index (χ0n) is 33.3. The Morgan fingerprint density at radius 3 is 2.11 bits per heavy atom. The number of carbonyl (C=O) groups excluding carboxylic acids is 1. The van der Waals surface area contributed by atoms with Crippen LogP contribution in [0.25, 0.3) is 0 Å². The van der Waals surface area contributed by atoms with Crippen molar-refractivity contribution in [2.75, 3.05) is 38.9 Å². The van der Waals surface area contributed by atoms with Gasteiger partial charge in [-0.1, -0.05) is 36.4 Å². The van der Waals surface area contributed by atoms with Gasteiger partial charge in [0.25, 0.3) is 10.1 Å². The molecule has 0 aliphatic carbocycles. The van der Waals surface area contributed by atoms with Crippen LogP contribution in [0, 0.1) is 13.0 Å². The van der Waals surface area contributed by atoms with Crippen LogP contribution in [0.5, 0.6) is 5.75 Å². The molecule has 2 heterocycles. The minimum absolute atomic E-state index is 0.0828. The van der Waals surface area contributed by atoms with Crippen molar-refractivity contribution >= 4 is 108 Å². The number of hydrazone groups is 1. The topological polar surface area (TPSA) is 364 Å². The number of aldehydes is 1. The lowest BCUT2D eigenvalue weighted by atomic mass is 10.1. The van der Waals surface area contributed by atoms with E-state index in [1.54, 1.807) is 55.5 Å². The first-order valence-corrected chi connectivity index (χ1v) is 23.0. The Hall–Kier alpha value is -7.35. The van der Waals surface area contributed by atoms with Gasteiger partial charge < -0.3 is 26.2 Å². The molecule has 0 aliphatic rings. The van der Waals surface area contributed by atoms with Crippen LogP contribution in [-0.4, -0.2) is 101 Å². The number of benzene rings is 4. The molecule has 1 radical (unpaired) electrons. The summed E-state index contributed by atoms with van der Waals surface area (Å²) in [6, 6.07) is 20.0. The van der Waals surface area contributed by atoms with E-state index < -0.39 is 82.7 Å². The number of phenols is 1. The van der Waals surface area contributed by atoms with Crippen LogP contribution in [-0.2, 0) is 34.5 Å². The van der Waals surface area contributed by atoms with Gasteiger partial charge >= 0.3 is 24.0 Å². The molecule has 341 valence electrons. The molecule has 2 aromatic heterocycles. The van der Waals surface area contributed by atoms with E-state index in [-0.39, 0.29) is 44.8 Å². The fraction of sp³-hybridized carbons (Fsp3) is 0.0857. The number of amidine groups is 1. The van der Waals surface area contributed by atoms with Crippen LogP contribution in [0.3, 0.4) is 0 Å². The number of aromatic hydroxyl groups is 1. The molecule has 0 unspecified atom stereocenters. The smallest absolute Gasteiger partial charge is 0.397 e. The lowest BCUT2D eigenvalue weighted by Gasteiger charge is -2.13. The third kappa shape index (κ3) is 13.6. The number of carbonyl (C=O) groups is 1. The van der Waals surface area contributed by atoms with E-state index in [4.69, 9.17) is 16.2 Å². The number of hydrogen-bond donors (Lipinski definition) is 8. The van der Waals surface area contributed by atoms with Gasteiger partial charge in [0.15, 0.2) is 21.9 Å². The molecule has 0 fully saturated rings. The van der Waals surface area contributed by atoms with Crippen molar-refractivity contribution in [3.8, 4) is 5.75 Å². The van der Waals surface area contributed by atoms with Crippen molar-refractivity contribution < 1.29 is 52.8 Å². The highest BCUT2D eigenvalue weighted by Gasteiger charge is 2.20. The number of phenolic OH excluding ortho intramolecular Hbond substituents is 1. The van der Waals surface area contributed by atoms with Gasteiger partial charge in [0, 0.05) is 16.8 Å². The van der Waals surface area contributed by atoms with Crippen molar-refractivity contribution in [1.29, 1.82) is 0 Å². The van der Waals surface area contributed by atoms with Crippen molar-refractivity contribution in [3.63, 3.8) is 0 Å². The van der Waals surface area contributed by atoms with Gasteiger partial charge in [-0.2, -0.15) is 56.2 Å². The second kappa shape index (κ2) is 20.7. The first-order chi connectivity index (χ1) is 31.2. The Morgan fingerprint density at radius 1 is 0.803 bits per heavy atom. The lowest BCUT2D eigenvalue weighted by molar-refractivity contribution is 0.112. The Kier molecular flexibility index (Phi) is 15.1. The molecule has 66 heavy (non-hydrogen) atoms. The Balaban J connectivity index is 1.16. The molecule has 0 bridgehead atoms. The van der Waals surface area contributed by atoms with Crippen molar-refractivity contribution in [2.24, 2.45) is 15.3 Å². The number of nitrogens with one attached hydrogen (secondary N) is 5. The Bertz CT molecular complexity index is 3180. The number of azo groups is 1. The van der Waals surface area contributed by atoms with E-state index in [0.29, 0.717) is 11.8 Å².